The number of nitrogen functional groups attached to an aromatic ring is 1. The number of nitrogens with zero attached hydrogens (tertiary/aromatic N) is 1. The van der Waals surface area contributed by atoms with Gasteiger partial charge >= 0.3 is 6.18 Å². The van der Waals surface area contributed by atoms with Crippen molar-refractivity contribution in [2.75, 3.05) is 18.8 Å². The van der Waals surface area contributed by atoms with Crippen molar-refractivity contribution in [3.8, 4) is 0 Å². The Morgan fingerprint density at radius 2 is 2.17 bits per heavy atom. The number of hydrogen-bond donors (Lipinski definition) is 2. The van der Waals surface area contributed by atoms with Crippen molar-refractivity contribution in [3.05, 3.63) is 27.2 Å². The van der Waals surface area contributed by atoms with Crippen LogP contribution in [0.1, 0.15) is 41.3 Å². The zero-order valence-corrected chi connectivity index (χ0v) is 14.5. The molecule has 1 saturated heterocycles. The van der Waals surface area contributed by atoms with Crippen LogP contribution in [0.4, 0.5) is 18.9 Å². The van der Waals surface area contributed by atoms with E-state index in [1.54, 1.807) is 6.92 Å². The van der Waals surface area contributed by atoms with Crippen molar-refractivity contribution in [2.24, 2.45) is 0 Å². The molecule has 0 radical (unpaired) electrons. The molecule has 1 unspecified atom stereocenters. The summed E-state index contributed by atoms with van der Waals surface area (Å²) in [4.78, 5) is 14.5. The van der Waals surface area contributed by atoms with Crippen LogP contribution in [0.15, 0.2) is 10.5 Å². The van der Waals surface area contributed by atoms with Gasteiger partial charge in [0.2, 0.25) is 0 Å². The lowest BCUT2D eigenvalue weighted by Crippen LogP contribution is -2.44. The van der Waals surface area contributed by atoms with Gasteiger partial charge in [0.05, 0.1) is 17.4 Å². The third-order valence-corrected chi connectivity index (χ3v) is 5.19. The van der Waals surface area contributed by atoms with Crippen LogP contribution in [0.25, 0.3) is 0 Å². The Morgan fingerprint density at radius 3 is 2.74 bits per heavy atom. The summed E-state index contributed by atoms with van der Waals surface area (Å²) >= 11 is 3.06. The monoisotopic (exact) mass is 393 g/mol. The van der Waals surface area contributed by atoms with Crippen molar-refractivity contribution >= 4 is 27.5 Å². The Morgan fingerprint density at radius 1 is 1.52 bits per heavy atom. The number of likely N-dealkylation sites (tertiary alicyclic amines) is 1. The van der Waals surface area contributed by atoms with Gasteiger partial charge in [0, 0.05) is 16.6 Å². The van der Waals surface area contributed by atoms with E-state index in [2.05, 4.69) is 26.1 Å². The van der Waals surface area contributed by atoms with Crippen LogP contribution in [0.3, 0.4) is 0 Å². The molecule has 0 bridgehead atoms. The number of rotatable bonds is 3. The van der Waals surface area contributed by atoms with Crippen molar-refractivity contribution in [2.45, 2.75) is 39.0 Å². The van der Waals surface area contributed by atoms with Gasteiger partial charge in [0.1, 0.15) is 0 Å². The maximum Gasteiger partial charge on any atom is 0.418 e. The zero-order valence-electron chi connectivity index (χ0n) is 12.9. The Hall–Kier alpha value is -1.28. The standard InChI is InChI=1S/C15H19BrF3N3O/c1-3-22-6-4-5-11(22)21-14(23)9-7-10(15(17,18)19)13(20)12(16)8(9)2/h7,11H,3-6,20H2,1-2H3,(H,21,23). The molecule has 8 heteroatoms. The number of hydrogen-bond acceptors (Lipinski definition) is 3. The van der Waals surface area contributed by atoms with E-state index in [4.69, 9.17) is 5.73 Å². The smallest absolute Gasteiger partial charge is 0.397 e. The second-order valence-electron chi connectivity index (χ2n) is 5.58. The fraction of sp³-hybridized carbons (Fsp3) is 0.533. The molecule has 1 amide bonds. The highest BCUT2D eigenvalue weighted by Crippen LogP contribution is 2.40. The number of nitrogens with two attached hydrogens (primary N) is 1. The molecule has 0 aromatic heterocycles. The molecule has 23 heavy (non-hydrogen) atoms. The van der Waals surface area contributed by atoms with E-state index in [0.717, 1.165) is 32.0 Å². The normalized spacial score (nSPS) is 19.1. The molecule has 2 rings (SSSR count). The van der Waals surface area contributed by atoms with Crippen LogP contribution >= 0.6 is 15.9 Å². The molecule has 3 N–H and O–H groups in total. The van der Waals surface area contributed by atoms with E-state index >= 15 is 0 Å². The van der Waals surface area contributed by atoms with Gasteiger partial charge in [-0.25, -0.2) is 0 Å². The molecule has 1 atom stereocenters. The van der Waals surface area contributed by atoms with E-state index in [1.165, 1.54) is 0 Å². The highest BCUT2D eigenvalue weighted by Gasteiger charge is 2.36. The lowest BCUT2D eigenvalue weighted by atomic mass is 10.0. The molecule has 128 valence electrons. The van der Waals surface area contributed by atoms with Crippen LogP contribution in [0.2, 0.25) is 0 Å². The topological polar surface area (TPSA) is 58.4 Å². The van der Waals surface area contributed by atoms with Crippen molar-refractivity contribution < 1.29 is 18.0 Å². The summed E-state index contributed by atoms with van der Waals surface area (Å²) in [6.07, 6.45) is -3.01. The molecule has 4 nitrogen and oxygen atoms in total. The summed E-state index contributed by atoms with van der Waals surface area (Å²) in [6, 6.07) is 0.829. The zero-order chi connectivity index (χ0) is 17.4. The predicted molar refractivity (Wildman–Crippen MR) is 86.0 cm³/mol. The first-order chi connectivity index (χ1) is 10.7. The van der Waals surface area contributed by atoms with Gasteiger partial charge in [0.15, 0.2) is 0 Å². The summed E-state index contributed by atoms with van der Waals surface area (Å²) in [5.41, 5.74) is 4.52. The first-order valence-corrected chi connectivity index (χ1v) is 8.16. The summed E-state index contributed by atoms with van der Waals surface area (Å²) in [6.45, 7) is 5.21. The molecule has 1 fully saturated rings. The maximum atomic E-state index is 13.1. The number of nitrogens with one attached hydrogen (secondary N) is 1. The van der Waals surface area contributed by atoms with Crippen LogP contribution < -0.4 is 11.1 Å². The van der Waals surface area contributed by atoms with E-state index < -0.39 is 23.3 Å². The lowest BCUT2D eigenvalue weighted by Gasteiger charge is -2.24. The molecule has 1 aromatic rings. The number of amides is 1. The van der Waals surface area contributed by atoms with Crippen LogP contribution in [-0.4, -0.2) is 30.1 Å². The molecule has 0 saturated carbocycles. The summed E-state index contributed by atoms with van der Waals surface area (Å²) in [5.74, 6) is -0.515. The van der Waals surface area contributed by atoms with Gasteiger partial charge < -0.3 is 11.1 Å². The van der Waals surface area contributed by atoms with Gasteiger partial charge in [-0.2, -0.15) is 13.2 Å². The van der Waals surface area contributed by atoms with Gasteiger partial charge in [0.25, 0.3) is 5.91 Å². The Balaban J connectivity index is 2.35. The largest absolute Gasteiger partial charge is 0.418 e. The first-order valence-electron chi connectivity index (χ1n) is 7.37. The lowest BCUT2D eigenvalue weighted by molar-refractivity contribution is -0.136. The van der Waals surface area contributed by atoms with Crippen molar-refractivity contribution in [1.29, 1.82) is 0 Å². The number of benzene rings is 1. The Labute approximate surface area is 141 Å². The van der Waals surface area contributed by atoms with Gasteiger partial charge in [-0.15, -0.1) is 0 Å². The Bertz CT molecular complexity index is 619. The molecule has 1 aliphatic heterocycles. The average molecular weight is 394 g/mol. The molecule has 1 aliphatic rings. The van der Waals surface area contributed by atoms with E-state index in [-0.39, 0.29) is 16.2 Å². The minimum absolute atomic E-state index is 0.0126. The van der Waals surface area contributed by atoms with Crippen LogP contribution in [0.5, 0.6) is 0 Å². The number of anilines is 1. The number of alkyl halides is 3. The molecule has 1 heterocycles. The second-order valence-corrected chi connectivity index (χ2v) is 6.38. The molecule has 0 spiro atoms. The minimum Gasteiger partial charge on any atom is -0.397 e. The summed E-state index contributed by atoms with van der Waals surface area (Å²) in [7, 11) is 0. The van der Waals surface area contributed by atoms with Gasteiger partial charge in [-0.05, 0) is 53.9 Å². The third-order valence-electron chi connectivity index (χ3n) is 4.17. The quantitative estimate of drug-likeness (QED) is 0.772. The maximum absolute atomic E-state index is 13.1. The highest BCUT2D eigenvalue weighted by molar-refractivity contribution is 9.10. The molecular formula is C15H19BrF3N3O. The van der Waals surface area contributed by atoms with E-state index in [1.807, 2.05) is 6.92 Å². The number of carbonyl (C=O) groups excluding carboxylic acids is 1. The third kappa shape index (κ3) is 3.63. The molecular weight excluding hydrogens is 375 g/mol. The van der Waals surface area contributed by atoms with E-state index in [9.17, 15) is 18.0 Å². The minimum atomic E-state index is -4.61. The highest BCUT2D eigenvalue weighted by atomic mass is 79.9. The van der Waals surface area contributed by atoms with Crippen LogP contribution in [-0.2, 0) is 6.18 Å². The van der Waals surface area contributed by atoms with Gasteiger partial charge in [-0.3, -0.25) is 9.69 Å². The van der Waals surface area contributed by atoms with Crippen molar-refractivity contribution in [3.63, 3.8) is 0 Å². The fourth-order valence-electron chi connectivity index (χ4n) is 2.84. The number of carbonyl (C=O) groups is 1. The van der Waals surface area contributed by atoms with Gasteiger partial charge in [-0.1, -0.05) is 6.92 Å². The first kappa shape index (κ1) is 18.1. The average Bonchev–Trinajstić information content (AvgIpc) is 2.90. The summed E-state index contributed by atoms with van der Waals surface area (Å²) in [5, 5.41) is 2.82. The summed E-state index contributed by atoms with van der Waals surface area (Å²) < 4.78 is 39.4. The second kappa shape index (κ2) is 6.68. The van der Waals surface area contributed by atoms with E-state index in [0.29, 0.717) is 5.56 Å². The Kier molecular flexibility index (Phi) is 5.25. The fourth-order valence-corrected chi connectivity index (χ4v) is 3.26. The van der Waals surface area contributed by atoms with Crippen molar-refractivity contribution in [1.82, 2.24) is 10.2 Å². The molecule has 0 aliphatic carbocycles. The molecule has 1 aromatic carbocycles. The number of halogens is 4. The predicted octanol–water partition coefficient (Wildman–Crippen LogP) is 3.53. The SMILES string of the molecule is CCN1CCCC1NC(=O)c1cc(C(F)(F)F)c(N)c(Br)c1C. The van der Waals surface area contributed by atoms with Crippen LogP contribution in [0, 0.1) is 6.92 Å².